The number of nitrogens with zero attached hydrogens (tertiary/aromatic N) is 2. The van der Waals surface area contributed by atoms with Gasteiger partial charge >= 0.3 is 0 Å². The normalized spacial score (nSPS) is 12.1. The van der Waals surface area contributed by atoms with Crippen LogP contribution in [0.5, 0.6) is 5.75 Å². The second-order valence-electron chi connectivity index (χ2n) is 5.92. The van der Waals surface area contributed by atoms with Crippen LogP contribution in [0.3, 0.4) is 0 Å². The van der Waals surface area contributed by atoms with E-state index >= 15 is 0 Å². The SMILES string of the molecule is Cc1ccc(OC(CCn2ccnc2)c2ccc(C)cc2)cc1. The van der Waals surface area contributed by atoms with Crippen molar-refractivity contribution >= 4 is 0 Å². The Hall–Kier alpha value is -2.55. The molecular weight excluding hydrogens is 284 g/mol. The molecule has 0 radical (unpaired) electrons. The summed E-state index contributed by atoms with van der Waals surface area (Å²) in [6, 6.07) is 16.8. The number of hydrogen-bond donors (Lipinski definition) is 0. The Bertz CT molecular complexity index is 715. The van der Waals surface area contributed by atoms with E-state index in [9.17, 15) is 0 Å². The molecule has 2 aromatic carbocycles. The zero-order valence-electron chi connectivity index (χ0n) is 13.6. The highest BCUT2D eigenvalue weighted by atomic mass is 16.5. The summed E-state index contributed by atoms with van der Waals surface area (Å²) < 4.78 is 8.34. The number of aryl methyl sites for hydroxylation is 3. The van der Waals surface area contributed by atoms with E-state index in [2.05, 4.69) is 59.8 Å². The molecule has 0 aliphatic heterocycles. The lowest BCUT2D eigenvalue weighted by atomic mass is 10.0. The highest BCUT2D eigenvalue weighted by molar-refractivity contribution is 5.29. The van der Waals surface area contributed by atoms with Crippen LogP contribution in [-0.2, 0) is 6.54 Å². The van der Waals surface area contributed by atoms with E-state index in [4.69, 9.17) is 4.74 Å². The Morgan fingerprint density at radius 1 is 0.957 bits per heavy atom. The molecule has 0 bridgehead atoms. The zero-order valence-corrected chi connectivity index (χ0v) is 13.6. The molecule has 0 saturated carbocycles. The molecule has 118 valence electrons. The molecule has 1 heterocycles. The molecular formula is C20H22N2O. The lowest BCUT2D eigenvalue weighted by Crippen LogP contribution is -2.11. The van der Waals surface area contributed by atoms with Crippen molar-refractivity contribution in [1.29, 1.82) is 0 Å². The Morgan fingerprint density at radius 2 is 1.61 bits per heavy atom. The third-order valence-corrected chi connectivity index (χ3v) is 3.96. The summed E-state index contributed by atoms with van der Waals surface area (Å²) in [6.07, 6.45) is 6.56. The third-order valence-electron chi connectivity index (χ3n) is 3.96. The second kappa shape index (κ2) is 7.14. The van der Waals surface area contributed by atoms with Crippen molar-refractivity contribution in [1.82, 2.24) is 9.55 Å². The van der Waals surface area contributed by atoms with Gasteiger partial charge in [-0.2, -0.15) is 0 Å². The Kier molecular flexibility index (Phi) is 4.77. The Morgan fingerprint density at radius 3 is 2.22 bits per heavy atom. The average molecular weight is 306 g/mol. The minimum absolute atomic E-state index is 0.0284. The number of aromatic nitrogens is 2. The molecule has 0 N–H and O–H groups in total. The molecule has 0 fully saturated rings. The maximum atomic E-state index is 6.26. The van der Waals surface area contributed by atoms with E-state index in [0.717, 1.165) is 18.7 Å². The maximum absolute atomic E-state index is 6.26. The van der Waals surface area contributed by atoms with E-state index in [1.54, 1.807) is 0 Å². The molecule has 1 aromatic heterocycles. The number of ether oxygens (including phenoxy) is 1. The summed E-state index contributed by atoms with van der Waals surface area (Å²) in [5.74, 6) is 0.909. The van der Waals surface area contributed by atoms with E-state index in [0.29, 0.717) is 0 Å². The first-order valence-electron chi connectivity index (χ1n) is 7.96. The van der Waals surface area contributed by atoms with Gasteiger partial charge in [-0.3, -0.25) is 0 Å². The van der Waals surface area contributed by atoms with E-state index in [1.165, 1.54) is 16.7 Å². The van der Waals surface area contributed by atoms with E-state index < -0.39 is 0 Å². The number of rotatable bonds is 6. The van der Waals surface area contributed by atoms with Gasteiger partial charge in [-0.15, -0.1) is 0 Å². The lowest BCUT2D eigenvalue weighted by molar-refractivity contribution is 0.188. The van der Waals surface area contributed by atoms with Crippen LogP contribution >= 0.6 is 0 Å². The highest BCUT2D eigenvalue weighted by Gasteiger charge is 2.13. The fraction of sp³-hybridized carbons (Fsp3) is 0.250. The van der Waals surface area contributed by atoms with Crippen molar-refractivity contribution < 1.29 is 4.74 Å². The topological polar surface area (TPSA) is 27.1 Å². The first-order valence-corrected chi connectivity index (χ1v) is 7.96. The predicted molar refractivity (Wildman–Crippen MR) is 92.6 cm³/mol. The van der Waals surface area contributed by atoms with Crippen molar-refractivity contribution in [3.05, 3.63) is 83.9 Å². The summed E-state index contributed by atoms with van der Waals surface area (Å²) in [5.41, 5.74) is 3.70. The fourth-order valence-electron chi connectivity index (χ4n) is 2.54. The van der Waals surface area contributed by atoms with Crippen molar-refractivity contribution in [3.63, 3.8) is 0 Å². The summed E-state index contributed by atoms with van der Waals surface area (Å²) in [6.45, 7) is 5.07. The standard InChI is InChI=1S/C20H22N2O/c1-16-3-7-18(8-4-16)20(11-13-22-14-12-21-15-22)23-19-9-5-17(2)6-10-19/h3-10,12,14-15,20H,11,13H2,1-2H3. The van der Waals surface area contributed by atoms with Crippen LogP contribution < -0.4 is 4.74 Å². The van der Waals surface area contributed by atoms with Gasteiger partial charge in [0.05, 0.1) is 6.33 Å². The van der Waals surface area contributed by atoms with Gasteiger partial charge < -0.3 is 9.30 Å². The largest absolute Gasteiger partial charge is 0.486 e. The van der Waals surface area contributed by atoms with Gasteiger partial charge in [-0.05, 0) is 31.5 Å². The van der Waals surface area contributed by atoms with Crippen molar-refractivity contribution in [2.75, 3.05) is 0 Å². The molecule has 1 unspecified atom stereocenters. The monoisotopic (exact) mass is 306 g/mol. The molecule has 1 atom stereocenters. The molecule has 0 aliphatic rings. The molecule has 0 aliphatic carbocycles. The molecule has 3 rings (SSSR count). The van der Waals surface area contributed by atoms with Crippen molar-refractivity contribution in [3.8, 4) is 5.75 Å². The fourth-order valence-corrected chi connectivity index (χ4v) is 2.54. The molecule has 3 nitrogen and oxygen atoms in total. The van der Waals surface area contributed by atoms with Gasteiger partial charge in [-0.1, -0.05) is 47.5 Å². The molecule has 3 aromatic rings. The van der Waals surface area contributed by atoms with Gasteiger partial charge in [0.2, 0.25) is 0 Å². The number of imidazole rings is 1. The van der Waals surface area contributed by atoms with Crippen LogP contribution in [-0.4, -0.2) is 9.55 Å². The Balaban J connectivity index is 1.77. The molecule has 0 saturated heterocycles. The maximum Gasteiger partial charge on any atom is 0.125 e. The van der Waals surface area contributed by atoms with Crippen molar-refractivity contribution in [2.24, 2.45) is 0 Å². The lowest BCUT2D eigenvalue weighted by Gasteiger charge is -2.20. The van der Waals surface area contributed by atoms with Crippen LogP contribution in [0.25, 0.3) is 0 Å². The van der Waals surface area contributed by atoms with Gasteiger partial charge in [0, 0.05) is 25.4 Å². The van der Waals surface area contributed by atoms with E-state index in [1.807, 2.05) is 30.9 Å². The number of benzene rings is 2. The summed E-state index contributed by atoms with van der Waals surface area (Å²) >= 11 is 0. The van der Waals surface area contributed by atoms with Crippen molar-refractivity contribution in [2.45, 2.75) is 32.9 Å². The summed E-state index contributed by atoms with van der Waals surface area (Å²) in [4.78, 5) is 4.10. The van der Waals surface area contributed by atoms with Crippen LogP contribution in [0.4, 0.5) is 0 Å². The van der Waals surface area contributed by atoms with Gasteiger partial charge in [0.15, 0.2) is 0 Å². The first kappa shape index (κ1) is 15.3. The summed E-state index contributed by atoms with van der Waals surface area (Å²) in [7, 11) is 0. The Labute approximate surface area is 137 Å². The van der Waals surface area contributed by atoms with E-state index in [-0.39, 0.29) is 6.10 Å². The minimum atomic E-state index is 0.0284. The zero-order chi connectivity index (χ0) is 16.1. The molecule has 0 spiro atoms. The van der Waals surface area contributed by atoms with Gasteiger partial charge in [0.1, 0.15) is 11.9 Å². The van der Waals surface area contributed by atoms with Crippen LogP contribution in [0.2, 0.25) is 0 Å². The highest BCUT2D eigenvalue weighted by Crippen LogP contribution is 2.26. The smallest absolute Gasteiger partial charge is 0.125 e. The van der Waals surface area contributed by atoms with Crippen LogP contribution in [0, 0.1) is 13.8 Å². The second-order valence-corrected chi connectivity index (χ2v) is 5.92. The quantitative estimate of drug-likeness (QED) is 0.659. The molecule has 23 heavy (non-hydrogen) atoms. The van der Waals surface area contributed by atoms with Crippen LogP contribution in [0.15, 0.2) is 67.3 Å². The number of hydrogen-bond acceptors (Lipinski definition) is 2. The van der Waals surface area contributed by atoms with Gasteiger partial charge in [-0.25, -0.2) is 4.98 Å². The third kappa shape index (κ3) is 4.22. The predicted octanol–water partition coefficient (Wildman–Crippen LogP) is 4.71. The molecule has 3 heteroatoms. The average Bonchev–Trinajstić information content (AvgIpc) is 3.08. The minimum Gasteiger partial charge on any atom is -0.486 e. The van der Waals surface area contributed by atoms with Crippen LogP contribution in [0.1, 0.15) is 29.2 Å². The molecule has 0 amide bonds. The van der Waals surface area contributed by atoms with Gasteiger partial charge in [0.25, 0.3) is 0 Å². The summed E-state index contributed by atoms with van der Waals surface area (Å²) in [5, 5.41) is 0. The first-order chi connectivity index (χ1) is 11.2.